The topological polar surface area (TPSA) is 8.17 Å². The summed E-state index contributed by atoms with van der Waals surface area (Å²) < 4.78 is 2.38. The molecule has 0 fully saturated rings. The van der Waals surface area contributed by atoms with Gasteiger partial charge in [-0.15, -0.1) is 0 Å². The van der Waals surface area contributed by atoms with Crippen LogP contribution in [0.5, 0.6) is 0 Å². The first-order valence-electron chi connectivity index (χ1n) is 17.9. The molecule has 0 spiro atoms. The number of fused-ring (bicyclic) bond motifs is 8. The molecule has 0 N–H and O–H groups in total. The minimum atomic E-state index is 1.12. The highest BCUT2D eigenvalue weighted by molar-refractivity contribution is 6.24. The summed E-state index contributed by atoms with van der Waals surface area (Å²) in [6.07, 6.45) is 0. The van der Waals surface area contributed by atoms with Crippen LogP contribution in [-0.2, 0) is 0 Å². The Morgan fingerprint density at radius 3 is 1.83 bits per heavy atom. The monoisotopic (exact) mass is 660 g/mol. The second-order valence-electron chi connectivity index (χ2n) is 13.7. The van der Waals surface area contributed by atoms with Crippen LogP contribution in [0.4, 0.5) is 17.1 Å². The van der Waals surface area contributed by atoms with Gasteiger partial charge in [0.1, 0.15) is 0 Å². The molecule has 0 atom stereocenters. The van der Waals surface area contributed by atoms with E-state index in [9.17, 15) is 0 Å². The molecule has 52 heavy (non-hydrogen) atoms. The normalized spacial score (nSPS) is 11.8. The summed E-state index contributed by atoms with van der Waals surface area (Å²) in [5.74, 6) is 0. The average Bonchev–Trinajstić information content (AvgIpc) is 3.73. The van der Waals surface area contributed by atoms with Crippen molar-refractivity contribution < 1.29 is 0 Å². The number of hydrogen-bond donors (Lipinski definition) is 0. The summed E-state index contributed by atoms with van der Waals surface area (Å²) >= 11 is 0. The van der Waals surface area contributed by atoms with E-state index in [4.69, 9.17) is 0 Å². The molecule has 2 nitrogen and oxygen atoms in total. The van der Waals surface area contributed by atoms with Crippen molar-refractivity contribution in [3.05, 3.63) is 194 Å². The van der Waals surface area contributed by atoms with Crippen molar-refractivity contribution in [2.75, 3.05) is 4.90 Å². The summed E-state index contributed by atoms with van der Waals surface area (Å²) in [5, 5.41) is 7.70. The van der Waals surface area contributed by atoms with Crippen molar-refractivity contribution in [3.63, 3.8) is 0 Å². The Bertz CT molecular complexity index is 2990. The Hall–Kier alpha value is -6.90. The summed E-state index contributed by atoms with van der Waals surface area (Å²) in [6.45, 7) is 0. The molecule has 1 aliphatic carbocycles. The third kappa shape index (κ3) is 4.31. The van der Waals surface area contributed by atoms with Gasteiger partial charge >= 0.3 is 0 Å². The van der Waals surface area contributed by atoms with Crippen molar-refractivity contribution in [3.8, 4) is 39.1 Å². The second kappa shape index (κ2) is 11.3. The molecular weight excluding hydrogens is 629 g/mol. The Morgan fingerprint density at radius 2 is 0.981 bits per heavy atom. The van der Waals surface area contributed by atoms with E-state index in [1.54, 1.807) is 0 Å². The quantitative estimate of drug-likeness (QED) is 0.167. The lowest BCUT2D eigenvalue weighted by Crippen LogP contribution is -2.10. The molecule has 2 heteroatoms. The van der Waals surface area contributed by atoms with Crippen LogP contribution in [-0.4, -0.2) is 4.57 Å². The van der Waals surface area contributed by atoms with Crippen LogP contribution < -0.4 is 4.90 Å². The van der Waals surface area contributed by atoms with Crippen molar-refractivity contribution in [1.29, 1.82) is 0 Å². The van der Waals surface area contributed by atoms with Crippen LogP contribution in [0.1, 0.15) is 0 Å². The van der Waals surface area contributed by atoms with Gasteiger partial charge in [0.15, 0.2) is 0 Å². The van der Waals surface area contributed by atoms with Gasteiger partial charge < -0.3 is 9.47 Å². The number of para-hydroxylation sites is 2. The van der Waals surface area contributed by atoms with E-state index in [0.29, 0.717) is 0 Å². The summed E-state index contributed by atoms with van der Waals surface area (Å²) in [4.78, 5) is 2.42. The molecule has 0 radical (unpaired) electrons. The van der Waals surface area contributed by atoms with Crippen molar-refractivity contribution in [2.24, 2.45) is 0 Å². The van der Waals surface area contributed by atoms with Crippen LogP contribution in [0.25, 0.3) is 82.4 Å². The Balaban J connectivity index is 1.13. The molecule has 1 heterocycles. The highest BCUT2D eigenvalue weighted by Crippen LogP contribution is 2.52. The molecule has 0 amide bonds. The standard InChI is InChI=1S/C50H32N2/c1-3-12-33(13-4-1)34-22-24-38(25-23-34)51(40-27-29-48-46(32-40)42-19-9-10-21-47(42)52(48)37-16-5-2-6-17-37)39-26-28-44-45(31-39)43-20-11-15-36-30-35-14-7-8-18-41(35)50(44)49(36)43/h1-32H. The highest BCUT2D eigenvalue weighted by Gasteiger charge is 2.26. The van der Waals surface area contributed by atoms with Gasteiger partial charge in [-0.1, -0.05) is 127 Å². The number of anilines is 3. The van der Waals surface area contributed by atoms with Crippen LogP contribution in [0.15, 0.2) is 194 Å². The average molecular weight is 661 g/mol. The molecule has 0 saturated carbocycles. The Kier molecular flexibility index (Phi) is 6.28. The molecule has 0 saturated heterocycles. The maximum atomic E-state index is 2.42. The van der Waals surface area contributed by atoms with Crippen LogP contribution in [0, 0.1) is 0 Å². The van der Waals surface area contributed by atoms with Gasteiger partial charge in [0.05, 0.1) is 11.0 Å². The molecule has 10 aromatic rings. The first-order valence-corrected chi connectivity index (χ1v) is 17.9. The largest absolute Gasteiger partial charge is 0.310 e. The molecule has 242 valence electrons. The smallest absolute Gasteiger partial charge is 0.0542 e. The Labute approximate surface area is 302 Å². The van der Waals surface area contributed by atoms with E-state index in [1.807, 2.05) is 0 Å². The third-order valence-corrected chi connectivity index (χ3v) is 10.9. The number of benzene rings is 9. The third-order valence-electron chi connectivity index (χ3n) is 10.9. The van der Waals surface area contributed by atoms with Crippen molar-refractivity contribution in [1.82, 2.24) is 4.57 Å². The van der Waals surface area contributed by atoms with E-state index in [-0.39, 0.29) is 0 Å². The minimum absolute atomic E-state index is 1.12. The predicted octanol–water partition coefficient (Wildman–Crippen LogP) is 13.9. The van der Waals surface area contributed by atoms with Crippen LogP contribution in [0.3, 0.4) is 0 Å². The maximum Gasteiger partial charge on any atom is 0.0542 e. The molecule has 0 bridgehead atoms. The Morgan fingerprint density at radius 1 is 0.346 bits per heavy atom. The molecule has 1 aromatic heterocycles. The number of hydrogen-bond acceptors (Lipinski definition) is 1. The molecule has 11 rings (SSSR count). The fourth-order valence-corrected chi connectivity index (χ4v) is 8.57. The van der Waals surface area contributed by atoms with Gasteiger partial charge in [0.25, 0.3) is 0 Å². The van der Waals surface area contributed by atoms with E-state index in [2.05, 4.69) is 204 Å². The lowest BCUT2D eigenvalue weighted by atomic mass is 9.96. The van der Waals surface area contributed by atoms with E-state index in [1.165, 1.54) is 76.7 Å². The van der Waals surface area contributed by atoms with Gasteiger partial charge in [-0.3, -0.25) is 0 Å². The maximum absolute atomic E-state index is 2.42. The summed E-state index contributed by atoms with van der Waals surface area (Å²) in [5.41, 5.74) is 14.6. The number of aromatic nitrogens is 1. The second-order valence-corrected chi connectivity index (χ2v) is 13.7. The van der Waals surface area contributed by atoms with Crippen LogP contribution >= 0.6 is 0 Å². The van der Waals surface area contributed by atoms with Gasteiger partial charge in [0, 0.05) is 33.5 Å². The zero-order chi connectivity index (χ0) is 34.2. The minimum Gasteiger partial charge on any atom is -0.310 e. The van der Waals surface area contributed by atoms with Crippen molar-refractivity contribution >= 4 is 60.4 Å². The fraction of sp³-hybridized carbons (Fsp3) is 0. The zero-order valence-electron chi connectivity index (χ0n) is 28.4. The SMILES string of the molecule is c1ccc(-c2ccc(N(c3ccc4c(c3)-c3cccc5cc6ccccc6c-4c35)c3ccc4c(c3)c3ccccc3n4-c3ccccc3)cc2)cc1. The van der Waals surface area contributed by atoms with E-state index >= 15 is 0 Å². The summed E-state index contributed by atoms with van der Waals surface area (Å²) in [6, 6.07) is 70.9. The van der Waals surface area contributed by atoms with E-state index < -0.39 is 0 Å². The first-order chi connectivity index (χ1) is 25.8. The van der Waals surface area contributed by atoms with Gasteiger partial charge in [-0.05, 0) is 122 Å². The van der Waals surface area contributed by atoms with Crippen molar-refractivity contribution in [2.45, 2.75) is 0 Å². The lowest BCUT2D eigenvalue weighted by Gasteiger charge is -2.27. The van der Waals surface area contributed by atoms with Gasteiger partial charge in [0.2, 0.25) is 0 Å². The van der Waals surface area contributed by atoms with E-state index in [0.717, 1.165) is 22.7 Å². The molecule has 0 aliphatic heterocycles. The van der Waals surface area contributed by atoms with Crippen LogP contribution in [0.2, 0.25) is 0 Å². The summed E-state index contributed by atoms with van der Waals surface area (Å²) in [7, 11) is 0. The predicted molar refractivity (Wildman–Crippen MR) is 220 cm³/mol. The number of nitrogens with zero attached hydrogens (tertiary/aromatic N) is 2. The molecule has 0 unspecified atom stereocenters. The molecular formula is C50H32N2. The zero-order valence-corrected chi connectivity index (χ0v) is 28.4. The van der Waals surface area contributed by atoms with Gasteiger partial charge in [-0.25, -0.2) is 0 Å². The van der Waals surface area contributed by atoms with Gasteiger partial charge in [-0.2, -0.15) is 0 Å². The fourth-order valence-electron chi connectivity index (χ4n) is 8.57. The molecule has 1 aliphatic rings. The lowest BCUT2D eigenvalue weighted by molar-refractivity contribution is 1.18. The number of rotatable bonds is 5. The molecule has 9 aromatic carbocycles. The first kappa shape index (κ1) is 28.9. The highest BCUT2D eigenvalue weighted by atomic mass is 15.1.